The van der Waals surface area contributed by atoms with Crippen molar-refractivity contribution in [2.45, 2.75) is 178 Å². The third kappa shape index (κ3) is 24.3. The molecule has 0 radical (unpaired) electrons. The number of nitrogens with two attached hydrogens (primary N) is 4. The number of rotatable bonds is 40. The van der Waals surface area contributed by atoms with Crippen molar-refractivity contribution in [2.24, 2.45) is 33.8 Å². The van der Waals surface area contributed by atoms with Crippen molar-refractivity contribution >= 4 is 87.8 Å². The Hall–Kier alpha value is -9.94. The highest BCUT2D eigenvalue weighted by Crippen LogP contribution is 2.22. The van der Waals surface area contributed by atoms with E-state index in [1.54, 1.807) is 68.6 Å². The Morgan fingerprint density at radius 3 is 1.84 bits per heavy atom. The normalized spacial score (nSPS) is 15.3. The van der Waals surface area contributed by atoms with E-state index in [2.05, 4.69) is 67.8 Å². The van der Waals surface area contributed by atoms with Crippen LogP contribution in [0.4, 0.5) is 0 Å². The molecule has 3 heterocycles. The second-order valence-corrected chi connectivity index (χ2v) is 23.6. The Morgan fingerprint density at radius 2 is 1.24 bits per heavy atom. The van der Waals surface area contributed by atoms with Gasteiger partial charge in [0.25, 0.3) is 0 Å². The summed E-state index contributed by atoms with van der Waals surface area (Å²) in [6.45, 7) is 6.32. The van der Waals surface area contributed by atoms with Gasteiger partial charge in [-0.25, -0.2) is 4.98 Å². The summed E-state index contributed by atoms with van der Waals surface area (Å²) < 4.78 is 0. The fourth-order valence-electron chi connectivity index (χ4n) is 10.8. The van der Waals surface area contributed by atoms with Crippen molar-refractivity contribution < 1.29 is 62.6 Å². The quantitative estimate of drug-likeness (QED) is 0.0134. The number of unbranched alkanes of at least 4 members (excludes halogenated alkanes) is 2. The number of H-pyrrole nitrogens is 2. The summed E-state index contributed by atoms with van der Waals surface area (Å²) in [6, 6.07) is 4.08. The number of hydrogen-bond donors (Lipinski definition) is 16. The van der Waals surface area contributed by atoms with Gasteiger partial charge in [-0.05, 0) is 87.4 Å². The number of nitrogens with one attached hydrogen (secondary N) is 11. The van der Waals surface area contributed by atoms with Crippen LogP contribution in [-0.4, -0.2) is 182 Å². The van der Waals surface area contributed by atoms with Gasteiger partial charge in [0.2, 0.25) is 65.0 Å². The van der Waals surface area contributed by atoms with Crippen molar-refractivity contribution in [3.8, 4) is 0 Å². The van der Waals surface area contributed by atoms with E-state index < -0.39 is 145 Å². The van der Waals surface area contributed by atoms with Gasteiger partial charge in [0.1, 0.15) is 54.4 Å². The maximum absolute atomic E-state index is 14.9. The zero-order chi connectivity index (χ0) is 68.9. The van der Waals surface area contributed by atoms with Gasteiger partial charge < -0.3 is 90.8 Å². The minimum absolute atomic E-state index is 0.00865. The number of likely N-dealkylation sites (tertiary alicyclic amines) is 1. The number of carboxylic acid groups (broad SMARTS) is 1. The molecule has 2 aromatic heterocycles. The molecule has 1 saturated heterocycles. The molecular weight excluding hydrogens is 1220 g/mol. The molecule has 94 heavy (non-hydrogen) atoms. The zero-order valence-corrected chi connectivity index (χ0v) is 53.6. The standard InChI is InChI=1S/C63H92N18O13/c1-5-6-19-43(73-37(4)82)56(88)76-45(24-25-52(84)85)58(90)79-49(31-40-33-68-35-72-40)60(92)77-47(29-38-16-8-7-9-17-38)59(91)75-44(22-14-27-69-63(66)67)57(89)78-48(30-39-32-70-42-20-11-10-18-41(39)42)55(87)71-34-51(83)74-46(21-12-13-26-64)62(94)81-28-15-23-50(81)61(93)80-53(36(2)3)54(65)86/h7-11,16-18,20,32-33,35-36,43-50,53,70H,5-6,12-15,19,21-31,34,64H2,1-4H3,(H2,65,86)(H,68,72)(H,71,87)(H,73,82)(H,74,83)(H,75,91)(H,76,88)(H,77,92)(H,78,89)(H,79,90)(H,80,93)(H,84,85)(H4,66,67,69)/t43-,44-,45-,46-,47+,48-,49-,50-,53-/m0/s1. The number of hydrogen-bond acceptors (Lipinski definition) is 15. The van der Waals surface area contributed by atoms with E-state index in [-0.39, 0.29) is 69.9 Å². The molecule has 0 bridgehead atoms. The number of carboxylic acids is 1. The van der Waals surface area contributed by atoms with E-state index in [9.17, 15) is 62.6 Å². The summed E-state index contributed by atoms with van der Waals surface area (Å²) in [7, 11) is 0. The van der Waals surface area contributed by atoms with Gasteiger partial charge in [-0.1, -0.05) is 82.1 Å². The maximum atomic E-state index is 14.9. The number of aliphatic carboxylic acids is 1. The highest BCUT2D eigenvalue weighted by atomic mass is 16.4. The number of fused-ring (bicyclic) bond motifs is 1. The average molecular weight is 1310 g/mol. The fraction of sp³-hybridized carbons (Fsp3) is 0.524. The molecule has 512 valence electrons. The third-order valence-corrected chi connectivity index (χ3v) is 15.8. The lowest BCUT2D eigenvalue weighted by atomic mass is 10.0. The topological polar surface area (TPSA) is 497 Å². The summed E-state index contributed by atoms with van der Waals surface area (Å²) in [5.74, 6) is -10.3. The lowest BCUT2D eigenvalue weighted by Crippen LogP contribution is -2.60. The number of imidazole rings is 1. The fourth-order valence-corrected chi connectivity index (χ4v) is 10.8. The Balaban J connectivity index is 1.43. The molecular formula is C63H92N18O13. The van der Waals surface area contributed by atoms with Crippen LogP contribution in [0.3, 0.4) is 0 Å². The number of carbonyl (C=O) groups is 12. The first-order valence-corrected chi connectivity index (χ1v) is 31.7. The van der Waals surface area contributed by atoms with Crippen LogP contribution >= 0.6 is 0 Å². The highest BCUT2D eigenvalue weighted by Gasteiger charge is 2.40. The van der Waals surface area contributed by atoms with Gasteiger partial charge in [-0.3, -0.25) is 62.5 Å². The van der Waals surface area contributed by atoms with Gasteiger partial charge in [-0.15, -0.1) is 0 Å². The van der Waals surface area contributed by atoms with Gasteiger partial charge in [-0.2, -0.15) is 0 Å². The Morgan fingerprint density at radius 1 is 0.660 bits per heavy atom. The first-order valence-electron chi connectivity index (χ1n) is 31.7. The van der Waals surface area contributed by atoms with Crippen molar-refractivity contribution in [1.82, 2.24) is 67.7 Å². The van der Waals surface area contributed by atoms with Crippen molar-refractivity contribution in [1.29, 1.82) is 0 Å². The van der Waals surface area contributed by atoms with Crippen molar-refractivity contribution in [3.63, 3.8) is 0 Å². The van der Waals surface area contributed by atoms with E-state index in [1.807, 2.05) is 13.0 Å². The number of guanidine groups is 1. The molecule has 0 saturated carbocycles. The molecule has 20 N–H and O–H groups in total. The second-order valence-electron chi connectivity index (χ2n) is 23.6. The number of para-hydroxylation sites is 1. The molecule has 1 aliphatic heterocycles. The molecule has 1 fully saturated rings. The second kappa shape index (κ2) is 38.2. The molecule has 9 atom stereocenters. The number of aliphatic imine (C=N–C) groups is 1. The molecule has 31 heteroatoms. The van der Waals surface area contributed by atoms with E-state index in [0.717, 1.165) is 0 Å². The summed E-state index contributed by atoms with van der Waals surface area (Å²) in [4.78, 5) is 180. The third-order valence-electron chi connectivity index (χ3n) is 15.8. The van der Waals surface area contributed by atoms with Crippen LogP contribution in [0.25, 0.3) is 10.9 Å². The molecule has 31 nitrogen and oxygen atoms in total. The lowest BCUT2D eigenvalue weighted by Gasteiger charge is -2.30. The summed E-state index contributed by atoms with van der Waals surface area (Å²) in [5, 5.41) is 34.3. The number of nitrogens with zero attached hydrogens (tertiary/aromatic N) is 3. The molecule has 11 amide bonds. The van der Waals surface area contributed by atoms with Crippen LogP contribution in [0.2, 0.25) is 0 Å². The maximum Gasteiger partial charge on any atom is 0.303 e. The minimum atomic E-state index is -1.52. The zero-order valence-electron chi connectivity index (χ0n) is 53.6. The van der Waals surface area contributed by atoms with E-state index in [1.165, 1.54) is 24.3 Å². The monoisotopic (exact) mass is 1310 g/mol. The average Bonchev–Trinajstić information content (AvgIpc) is 1.64. The van der Waals surface area contributed by atoms with Gasteiger partial charge in [0.05, 0.1) is 12.9 Å². The SMILES string of the molecule is CCCC[C@H](NC(C)=O)C(=O)N[C@@H](CCC(=O)O)C(=O)N[C@@H](Cc1cnc[nH]1)C(=O)N[C@H](Cc1ccccc1)C(=O)N[C@@H](CCCN=C(N)N)C(=O)N[C@@H](Cc1c[nH]c2ccccc12)C(=O)NCC(=O)N[C@@H](CCCCN)C(=O)N1CCC[C@H]1C(=O)N[C@H](C(N)=O)C(C)C. The Kier molecular flexibility index (Phi) is 30.4. The molecule has 0 spiro atoms. The molecule has 1 aliphatic rings. The van der Waals surface area contributed by atoms with E-state index in [4.69, 9.17) is 22.9 Å². The van der Waals surface area contributed by atoms with Crippen LogP contribution in [0.5, 0.6) is 0 Å². The summed E-state index contributed by atoms with van der Waals surface area (Å²) in [6.07, 6.45) is 5.95. The summed E-state index contributed by atoms with van der Waals surface area (Å²) >= 11 is 0. The van der Waals surface area contributed by atoms with Gasteiger partial charge in [0.15, 0.2) is 5.96 Å². The highest BCUT2D eigenvalue weighted by molar-refractivity contribution is 5.99. The Bertz CT molecular complexity index is 3250. The first-order chi connectivity index (χ1) is 44.9. The van der Waals surface area contributed by atoms with Crippen LogP contribution in [0.1, 0.15) is 122 Å². The smallest absolute Gasteiger partial charge is 0.303 e. The number of aromatic nitrogens is 3. The lowest BCUT2D eigenvalue weighted by molar-refractivity contribution is -0.142. The van der Waals surface area contributed by atoms with E-state index >= 15 is 0 Å². The largest absolute Gasteiger partial charge is 0.481 e. The van der Waals surface area contributed by atoms with Crippen molar-refractivity contribution in [2.75, 3.05) is 26.2 Å². The molecule has 4 aromatic rings. The summed E-state index contributed by atoms with van der Waals surface area (Å²) in [5.41, 5.74) is 24.8. The van der Waals surface area contributed by atoms with Crippen molar-refractivity contribution in [3.05, 3.63) is 90.1 Å². The number of aromatic amines is 2. The van der Waals surface area contributed by atoms with Gasteiger partial charge >= 0.3 is 5.97 Å². The number of benzene rings is 2. The number of amides is 11. The minimum Gasteiger partial charge on any atom is -0.481 e. The molecule has 2 aromatic carbocycles. The van der Waals surface area contributed by atoms with E-state index in [0.29, 0.717) is 72.8 Å². The van der Waals surface area contributed by atoms with Gasteiger partial charge in [0, 0.05) is 74.7 Å². The molecule has 0 aliphatic carbocycles. The predicted molar refractivity (Wildman–Crippen MR) is 347 cm³/mol. The number of primary amides is 1. The van der Waals surface area contributed by atoms with Crippen LogP contribution < -0.4 is 70.8 Å². The first kappa shape index (κ1) is 74.8. The van der Waals surface area contributed by atoms with Crippen LogP contribution in [-0.2, 0) is 76.8 Å². The number of carbonyl (C=O) groups excluding carboxylic acids is 11. The molecule has 5 rings (SSSR count). The van der Waals surface area contributed by atoms with Crippen LogP contribution in [0, 0.1) is 5.92 Å². The van der Waals surface area contributed by atoms with Crippen LogP contribution in [0.15, 0.2) is 78.3 Å². The predicted octanol–water partition coefficient (Wildman–Crippen LogP) is -1.70. The molecule has 0 unspecified atom stereocenters. The Labute approximate surface area is 544 Å².